The molecule has 2 aromatic rings. The first kappa shape index (κ1) is 11.2. The number of ether oxygens (including phenoxy) is 1. The van der Waals surface area contributed by atoms with Crippen molar-refractivity contribution in [3.05, 3.63) is 27.6 Å². The Bertz CT molecular complexity index is 528. The van der Waals surface area contributed by atoms with Gasteiger partial charge in [-0.05, 0) is 40.8 Å². The second kappa shape index (κ2) is 4.28. The Hall–Kier alpha value is -1.31. The lowest BCUT2D eigenvalue weighted by atomic mass is 10.1. The topological polar surface area (TPSA) is 61.3 Å². The van der Waals surface area contributed by atoms with E-state index in [1.54, 1.807) is 6.07 Å². The van der Waals surface area contributed by atoms with Crippen LogP contribution in [0.2, 0.25) is 0 Å². The van der Waals surface area contributed by atoms with Gasteiger partial charge >= 0.3 is 0 Å². The van der Waals surface area contributed by atoms with Crippen molar-refractivity contribution < 1.29 is 13.7 Å². The third-order valence-electron chi connectivity index (χ3n) is 2.07. The monoisotopic (exact) mass is 334 g/mol. The maximum atomic E-state index is 13.2. The van der Waals surface area contributed by atoms with Gasteiger partial charge in [-0.1, -0.05) is 5.16 Å². The fraction of sp³-hybridized carbons (Fsp3) is 0.100. The van der Waals surface area contributed by atoms with Crippen LogP contribution in [0.25, 0.3) is 11.3 Å². The molecule has 0 aliphatic heterocycles. The molecule has 1 aromatic carbocycles. The molecule has 84 valence electrons. The molecule has 0 fully saturated rings. The Morgan fingerprint density at radius 1 is 1.50 bits per heavy atom. The second-order valence-corrected chi connectivity index (χ2v) is 4.14. The molecule has 0 amide bonds. The Kier molecular flexibility index (Phi) is 2.99. The normalized spacial score (nSPS) is 10.4. The van der Waals surface area contributed by atoms with Crippen LogP contribution in [0.15, 0.2) is 22.7 Å². The average Bonchev–Trinajstić information content (AvgIpc) is 2.61. The lowest BCUT2D eigenvalue weighted by molar-refractivity contribution is 0.386. The van der Waals surface area contributed by atoms with E-state index in [1.807, 2.05) is 22.6 Å². The minimum Gasteiger partial charge on any atom is -0.494 e. The van der Waals surface area contributed by atoms with E-state index in [4.69, 9.17) is 15.0 Å². The summed E-state index contributed by atoms with van der Waals surface area (Å²) in [7, 11) is 1.40. The number of aromatic nitrogens is 1. The summed E-state index contributed by atoms with van der Waals surface area (Å²) < 4.78 is 23.8. The summed E-state index contributed by atoms with van der Waals surface area (Å²) in [6.07, 6.45) is 0. The van der Waals surface area contributed by atoms with Crippen LogP contribution in [0, 0.1) is 9.39 Å². The van der Waals surface area contributed by atoms with Crippen LogP contribution in [-0.2, 0) is 0 Å². The zero-order valence-corrected chi connectivity index (χ0v) is 10.5. The van der Waals surface area contributed by atoms with Gasteiger partial charge in [0.05, 0.1) is 7.11 Å². The molecule has 0 bridgehead atoms. The molecule has 0 spiro atoms. The third kappa shape index (κ3) is 1.84. The van der Waals surface area contributed by atoms with Crippen LogP contribution in [-0.4, -0.2) is 12.3 Å². The number of hydrogen-bond acceptors (Lipinski definition) is 4. The molecule has 2 N–H and O–H groups in total. The molecule has 0 saturated carbocycles. The summed E-state index contributed by atoms with van der Waals surface area (Å²) in [6, 6.07) is 4.43. The van der Waals surface area contributed by atoms with Crippen molar-refractivity contribution in [1.29, 1.82) is 0 Å². The minimum absolute atomic E-state index is 0.156. The minimum atomic E-state index is -0.422. The Morgan fingerprint density at radius 2 is 2.25 bits per heavy atom. The molecule has 16 heavy (non-hydrogen) atoms. The Balaban J connectivity index is 2.52. The van der Waals surface area contributed by atoms with Crippen LogP contribution in [0.5, 0.6) is 5.75 Å². The number of nitrogens with two attached hydrogens (primary N) is 1. The fourth-order valence-corrected chi connectivity index (χ4v) is 1.78. The van der Waals surface area contributed by atoms with Crippen LogP contribution in [0.4, 0.5) is 10.2 Å². The molecule has 1 aromatic heterocycles. The lowest BCUT2D eigenvalue weighted by Crippen LogP contribution is -1.89. The summed E-state index contributed by atoms with van der Waals surface area (Å²) in [5.41, 5.74) is 6.23. The van der Waals surface area contributed by atoms with Crippen molar-refractivity contribution in [3.8, 4) is 17.1 Å². The van der Waals surface area contributed by atoms with Crippen molar-refractivity contribution >= 4 is 28.4 Å². The van der Waals surface area contributed by atoms with Gasteiger partial charge in [-0.25, -0.2) is 4.39 Å². The third-order valence-corrected chi connectivity index (χ3v) is 3.12. The Morgan fingerprint density at radius 3 is 2.81 bits per heavy atom. The number of hydrogen-bond donors (Lipinski definition) is 1. The highest BCUT2D eigenvalue weighted by Gasteiger charge is 2.14. The van der Waals surface area contributed by atoms with E-state index in [2.05, 4.69) is 5.16 Å². The molecule has 0 saturated heterocycles. The lowest BCUT2D eigenvalue weighted by Gasteiger charge is -2.03. The van der Waals surface area contributed by atoms with Crippen LogP contribution in [0.1, 0.15) is 0 Å². The number of methoxy groups -OCH3 is 1. The van der Waals surface area contributed by atoms with E-state index in [1.165, 1.54) is 19.2 Å². The molecule has 4 nitrogen and oxygen atoms in total. The number of benzene rings is 1. The zero-order chi connectivity index (χ0) is 11.7. The first-order valence-corrected chi connectivity index (χ1v) is 5.46. The number of nitrogens with zero attached hydrogens (tertiary/aromatic N) is 1. The predicted octanol–water partition coefficient (Wildman–Crippen LogP) is 2.68. The molecule has 0 radical (unpaired) electrons. The first-order chi connectivity index (χ1) is 7.63. The number of halogens is 2. The van der Waals surface area contributed by atoms with Crippen molar-refractivity contribution in [3.63, 3.8) is 0 Å². The van der Waals surface area contributed by atoms with Crippen molar-refractivity contribution in [2.75, 3.05) is 12.8 Å². The van der Waals surface area contributed by atoms with E-state index >= 15 is 0 Å². The maximum absolute atomic E-state index is 13.2. The molecule has 0 aliphatic carbocycles. The zero-order valence-electron chi connectivity index (χ0n) is 8.33. The van der Waals surface area contributed by atoms with Gasteiger partial charge in [0.25, 0.3) is 0 Å². The molecular weight excluding hydrogens is 326 g/mol. The van der Waals surface area contributed by atoms with Crippen molar-refractivity contribution in [1.82, 2.24) is 5.16 Å². The molecule has 6 heteroatoms. The van der Waals surface area contributed by atoms with Crippen LogP contribution >= 0.6 is 22.6 Å². The summed E-state index contributed by atoms with van der Waals surface area (Å²) in [6.45, 7) is 0. The highest BCUT2D eigenvalue weighted by Crippen LogP contribution is 2.31. The van der Waals surface area contributed by atoms with Crippen LogP contribution in [0.3, 0.4) is 0 Å². The maximum Gasteiger partial charge on any atom is 0.182 e. The van der Waals surface area contributed by atoms with Crippen LogP contribution < -0.4 is 10.5 Å². The average molecular weight is 334 g/mol. The van der Waals surface area contributed by atoms with Crippen molar-refractivity contribution in [2.24, 2.45) is 0 Å². The number of anilines is 1. The van der Waals surface area contributed by atoms with E-state index < -0.39 is 5.82 Å². The van der Waals surface area contributed by atoms with Gasteiger partial charge in [-0.15, -0.1) is 0 Å². The SMILES string of the molecule is COc1cc(-c2onc(N)c2I)ccc1F. The van der Waals surface area contributed by atoms with Gasteiger partial charge in [0.15, 0.2) is 23.1 Å². The smallest absolute Gasteiger partial charge is 0.182 e. The molecule has 1 heterocycles. The molecule has 2 rings (SSSR count). The van der Waals surface area contributed by atoms with E-state index in [-0.39, 0.29) is 5.75 Å². The van der Waals surface area contributed by atoms with Gasteiger partial charge in [-0.3, -0.25) is 0 Å². The van der Waals surface area contributed by atoms with E-state index in [0.717, 1.165) is 0 Å². The molecule has 0 aliphatic rings. The van der Waals surface area contributed by atoms with Crippen molar-refractivity contribution in [2.45, 2.75) is 0 Å². The second-order valence-electron chi connectivity index (χ2n) is 3.06. The summed E-state index contributed by atoms with van der Waals surface area (Å²) in [5.74, 6) is 0.562. The van der Waals surface area contributed by atoms with E-state index in [0.29, 0.717) is 20.7 Å². The van der Waals surface area contributed by atoms with E-state index in [9.17, 15) is 4.39 Å². The summed E-state index contributed by atoms with van der Waals surface area (Å²) in [5, 5.41) is 3.63. The largest absolute Gasteiger partial charge is 0.494 e. The van der Waals surface area contributed by atoms with Gasteiger partial charge in [-0.2, -0.15) is 0 Å². The summed E-state index contributed by atoms with van der Waals surface area (Å²) >= 11 is 2.02. The van der Waals surface area contributed by atoms with Gasteiger partial charge in [0.1, 0.15) is 3.57 Å². The Labute approximate surface area is 105 Å². The van der Waals surface area contributed by atoms with Gasteiger partial charge < -0.3 is 15.0 Å². The van der Waals surface area contributed by atoms with Gasteiger partial charge in [0, 0.05) is 5.56 Å². The fourth-order valence-electron chi connectivity index (χ4n) is 1.27. The summed E-state index contributed by atoms with van der Waals surface area (Å²) in [4.78, 5) is 0. The highest BCUT2D eigenvalue weighted by molar-refractivity contribution is 14.1. The number of nitrogen functional groups attached to an aromatic ring is 1. The predicted molar refractivity (Wildman–Crippen MR) is 65.6 cm³/mol. The molecular formula is C10H8FIN2O2. The number of rotatable bonds is 2. The molecule has 0 atom stereocenters. The van der Waals surface area contributed by atoms with Gasteiger partial charge in [0.2, 0.25) is 0 Å². The highest BCUT2D eigenvalue weighted by atomic mass is 127. The quantitative estimate of drug-likeness (QED) is 0.858. The molecule has 0 unspecified atom stereocenters. The standard InChI is InChI=1S/C10H8FIN2O2/c1-15-7-4-5(2-3-6(7)11)9-8(12)10(13)14-16-9/h2-4H,1H3,(H2,13,14). The first-order valence-electron chi connectivity index (χ1n) is 4.38.